The van der Waals surface area contributed by atoms with Gasteiger partial charge in [-0.05, 0) is 36.2 Å². The maximum atomic E-state index is 11.9. The fourth-order valence-corrected chi connectivity index (χ4v) is 2.37. The summed E-state index contributed by atoms with van der Waals surface area (Å²) in [5.41, 5.74) is 6.52. The van der Waals surface area contributed by atoms with E-state index in [0.29, 0.717) is 24.5 Å². The third-order valence-corrected chi connectivity index (χ3v) is 3.70. The standard InChI is InChI=1S/C19H22N2O5/c1-24-16-8-7-13(11-17(16)25-2)9-10-21-18(22)12-26-15-6-4-3-5-14(15)19(20)23/h3-8,11H,9-10,12H2,1-2H3,(H2,20,23)(H,21,22). The van der Waals surface area contributed by atoms with Gasteiger partial charge in [0, 0.05) is 6.54 Å². The fourth-order valence-electron chi connectivity index (χ4n) is 2.37. The largest absolute Gasteiger partial charge is 0.493 e. The number of nitrogens with two attached hydrogens (primary N) is 1. The highest BCUT2D eigenvalue weighted by Gasteiger charge is 2.10. The van der Waals surface area contributed by atoms with Crippen molar-refractivity contribution in [1.82, 2.24) is 5.32 Å². The predicted molar refractivity (Wildman–Crippen MR) is 96.7 cm³/mol. The zero-order chi connectivity index (χ0) is 18.9. The summed E-state index contributed by atoms with van der Waals surface area (Å²) in [4.78, 5) is 23.2. The van der Waals surface area contributed by atoms with E-state index in [1.54, 1.807) is 38.5 Å². The molecule has 26 heavy (non-hydrogen) atoms. The summed E-state index contributed by atoms with van der Waals surface area (Å²) in [6, 6.07) is 12.1. The molecule has 0 atom stereocenters. The summed E-state index contributed by atoms with van der Waals surface area (Å²) >= 11 is 0. The Morgan fingerprint density at radius 1 is 1.00 bits per heavy atom. The maximum absolute atomic E-state index is 11.9. The van der Waals surface area contributed by atoms with Gasteiger partial charge in [-0.25, -0.2) is 0 Å². The minimum absolute atomic E-state index is 0.198. The second kappa shape index (κ2) is 9.31. The number of ether oxygens (including phenoxy) is 3. The van der Waals surface area contributed by atoms with Gasteiger partial charge in [0.1, 0.15) is 5.75 Å². The highest BCUT2D eigenvalue weighted by molar-refractivity contribution is 5.95. The van der Waals surface area contributed by atoms with Gasteiger partial charge in [-0.2, -0.15) is 0 Å². The van der Waals surface area contributed by atoms with E-state index >= 15 is 0 Å². The van der Waals surface area contributed by atoms with Crippen LogP contribution in [-0.4, -0.2) is 39.2 Å². The number of carbonyl (C=O) groups excluding carboxylic acids is 2. The molecule has 0 aliphatic carbocycles. The Morgan fingerprint density at radius 2 is 1.73 bits per heavy atom. The first kappa shape index (κ1) is 19.1. The smallest absolute Gasteiger partial charge is 0.257 e. The molecule has 0 fully saturated rings. The summed E-state index contributed by atoms with van der Waals surface area (Å²) in [5.74, 6) is 0.693. The van der Waals surface area contributed by atoms with Crippen LogP contribution in [0.2, 0.25) is 0 Å². The number of amides is 2. The number of methoxy groups -OCH3 is 2. The number of primary amides is 1. The number of nitrogens with one attached hydrogen (secondary N) is 1. The van der Waals surface area contributed by atoms with Crippen LogP contribution >= 0.6 is 0 Å². The highest BCUT2D eigenvalue weighted by Crippen LogP contribution is 2.27. The van der Waals surface area contributed by atoms with E-state index in [4.69, 9.17) is 19.9 Å². The van der Waals surface area contributed by atoms with Crippen LogP contribution in [0.25, 0.3) is 0 Å². The molecule has 0 saturated heterocycles. The molecule has 2 amide bonds. The Morgan fingerprint density at radius 3 is 2.42 bits per heavy atom. The molecule has 0 heterocycles. The van der Waals surface area contributed by atoms with E-state index in [1.807, 2.05) is 18.2 Å². The lowest BCUT2D eigenvalue weighted by molar-refractivity contribution is -0.123. The Hall–Kier alpha value is -3.22. The number of carbonyl (C=O) groups is 2. The van der Waals surface area contributed by atoms with Crippen molar-refractivity contribution >= 4 is 11.8 Å². The predicted octanol–water partition coefficient (Wildman–Crippen LogP) is 1.54. The van der Waals surface area contributed by atoms with Crippen LogP contribution in [0.4, 0.5) is 0 Å². The molecule has 2 aromatic rings. The maximum Gasteiger partial charge on any atom is 0.257 e. The topological polar surface area (TPSA) is 99.9 Å². The minimum atomic E-state index is -0.602. The van der Waals surface area contributed by atoms with Gasteiger partial charge in [0.15, 0.2) is 18.1 Å². The number of rotatable bonds is 9. The van der Waals surface area contributed by atoms with Crippen molar-refractivity contribution in [3.8, 4) is 17.2 Å². The van der Waals surface area contributed by atoms with Crippen molar-refractivity contribution in [1.29, 1.82) is 0 Å². The van der Waals surface area contributed by atoms with Crippen molar-refractivity contribution in [2.75, 3.05) is 27.4 Å². The number of benzene rings is 2. The van der Waals surface area contributed by atoms with Gasteiger partial charge in [0.25, 0.3) is 11.8 Å². The van der Waals surface area contributed by atoms with E-state index in [0.717, 1.165) is 5.56 Å². The minimum Gasteiger partial charge on any atom is -0.493 e. The second-order valence-electron chi connectivity index (χ2n) is 5.44. The molecule has 7 heteroatoms. The molecule has 2 rings (SSSR count). The monoisotopic (exact) mass is 358 g/mol. The van der Waals surface area contributed by atoms with Crippen LogP contribution in [0.3, 0.4) is 0 Å². The Bertz CT molecular complexity index is 776. The van der Waals surface area contributed by atoms with Crippen molar-refractivity contribution < 1.29 is 23.8 Å². The van der Waals surface area contributed by atoms with Gasteiger partial charge in [-0.3, -0.25) is 9.59 Å². The van der Waals surface area contributed by atoms with Crippen LogP contribution in [0.5, 0.6) is 17.2 Å². The molecule has 2 aromatic carbocycles. The van der Waals surface area contributed by atoms with E-state index < -0.39 is 5.91 Å². The molecule has 0 saturated carbocycles. The number of hydrogen-bond donors (Lipinski definition) is 2. The zero-order valence-electron chi connectivity index (χ0n) is 14.8. The van der Waals surface area contributed by atoms with E-state index in [1.165, 1.54) is 0 Å². The van der Waals surface area contributed by atoms with Gasteiger partial charge in [0.2, 0.25) is 0 Å². The highest BCUT2D eigenvalue weighted by atomic mass is 16.5. The molecule has 0 aliphatic heterocycles. The van der Waals surface area contributed by atoms with Crippen LogP contribution in [0.1, 0.15) is 15.9 Å². The fraction of sp³-hybridized carbons (Fsp3) is 0.263. The Balaban J connectivity index is 1.82. The lowest BCUT2D eigenvalue weighted by Crippen LogP contribution is -2.31. The molecular weight excluding hydrogens is 336 g/mol. The number of hydrogen-bond acceptors (Lipinski definition) is 5. The first-order valence-corrected chi connectivity index (χ1v) is 8.04. The molecule has 0 radical (unpaired) electrons. The lowest BCUT2D eigenvalue weighted by atomic mass is 10.1. The van der Waals surface area contributed by atoms with E-state index in [2.05, 4.69) is 5.32 Å². The molecule has 7 nitrogen and oxygen atoms in total. The molecule has 0 unspecified atom stereocenters. The van der Waals surface area contributed by atoms with Crippen LogP contribution in [0, 0.1) is 0 Å². The third kappa shape index (κ3) is 5.14. The second-order valence-corrected chi connectivity index (χ2v) is 5.44. The van der Waals surface area contributed by atoms with Gasteiger partial charge in [0.05, 0.1) is 19.8 Å². The third-order valence-electron chi connectivity index (χ3n) is 3.70. The lowest BCUT2D eigenvalue weighted by Gasteiger charge is -2.11. The van der Waals surface area contributed by atoms with E-state index in [9.17, 15) is 9.59 Å². The Kier molecular flexibility index (Phi) is 6.84. The molecule has 0 aromatic heterocycles. The summed E-state index contributed by atoms with van der Waals surface area (Å²) in [6.07, 6.45) is 0.629. The average Bonchev–Trinajstić information content (AvgIpc) is 2.66. The van der Waals surface area contributed by atoms with Gasteiger partial charge >= 0.3 is 0 Å². The molecule has 3 N–H and O–H groups in total. The zero-order valence-corrected chi connectivity index (χ0v) is 14.8. The van der Waals surface area contributed by atoms with Crippen LogP contribution < -0.4 is 25.3 Å². The SMILES string of the molecule is COc1ccc(CCNC(=O)COc2ccccc2C(N)=O)cc1OC. The average molecular weight is 358 g/mol. The first-order valence-electron chi connectivity index (χ1n) is 8.04. The summed E-state index contributed by atoms with van der Waals surface area (Å²) in [5, 5.41) is 2.76. The normalized spacial score (nSPS) is 10.1. The van der Waals surface area contributed by atoms with Crippen molar-refractivity contribution in [2.45, 2.75) is 6.42 Å². The van der Waals surface area contributed by atoms with Gasteiger partial charge in [-0.1, -0.05) is 18.2 Å². The van der Waals surface area contributed by atoms with Gasteiger partial charge < -0.3 is 25.3 Å². The van der Waals surface area contributed by atoms with E-state index in [-0.39, 0.29) is 23.8 Å². The first-order chi connectivity index (χ1) is 12.5. The van der Waals surface area contributed by atoms with Crippen molar-refractivity contribution in [3.63, 3.8) is 0 Å². The van der Waals surface area contributed by atoms with Crippen molar-refractivity contribution in [3.05, 3.63) is 53.6 Å². The van der Waals surface area contributed by atoms with Crippen molar-refractivity contribution in [2.24, 2.45) is 5.73 Å². The molecule has 0 bridgehead atoms. The Labute approximate surface area is 152 Å². The van der Waals surface area contributed by atoms with Crippen LogP contribution in [0.15, 0.2) is 42.5 Å². The molecule has 0 spiro atoms. The quantitative estimate of drug-likeness (QED) is 0.708. The van der Waals surface area contributed by atoms with Crippen LogP contribution in [-0.2, 0) is 11.2 Å². The summed E-state index contributed by atoms with van der Waals surface area (Å²) in [7, 11) is 3.15. The number of para-hydroxylation sites is 1. The molecule has 0 aliphatic rings. The van der Waals surface area contributed by atoms with Gasteiger partial charge in [-0.15, -0.1) is 0 Å². The molecule has 138 valence electrons. The summed E-state index contributed by atoms with van der Waals surface area (Å²) < 4.78 is 15.8. The summed E-state index contributed by atoms with van der Waals surface area (Å²) in [6.45, 7) is 0.241. The molecular formula is C19H22N2O5.